The Morgan fingerprint density at radius 2 is 1.65 bits per heavy atom. The molecular weight excluding hydrogens is 269 g/mol. The Balaban J connectivity index is 2.08. The lowest BCUT2D eigenvalue weighted by Gasteiger charge is -2.11. The maximum Gasteiger partial charge on any atom is 0.422 e. The van der Waals surface area contributed by atoms with E-state index in [4.69, 9.17) is 4.74 Å². The van der Waals surface area contributed by atoms with Crippen molar-refractivity contribution in [3.05, 3.63) is 54.1 Å². The summed E-state index contributed by atoms with van der Waals surface area (Å²) in [5.41, 5.74) is 0.939. The van der Waals surface area contributed by atoms with Crippen LogP contribution in [0, 0.1) is 6.92 Å². The molecule has 0 spiro atoms. The van der Waals surface area contributed by atoms with E-state index in [-0.39, 0.29) is 5.75 Å². The molecule has 0 amide bonds. The molecule has 0 heterocycles. The van der Waals surface area contributed by atoms with Crippen LogP contribution < -0.4 is 9.47 Å². The maximum absolute atomic E-state index is 12.1. The summed E-state index contributed by atoms with van der Waals surface area (Å²) in [7, 11) is 0. The average molecular weight is 282 g/mol. The molecule has 0 aliphatic rings. The quantitative estimate of drug-likeness (QED) is 0.807. The van der Waals surface area contributed by atoms with E-state index in [2.05, 4.69) is 4.74 Å². The van der Waals surface area contributed by atoms with Crippen molar-refractivity contribution in [1.82, 2.24) is 0 Å². The molecule has 0 saturated heterocycles. The van der Waals surface area contributed by atoms with Gasteiger partial charge in [0.1, 0.15) is 17.2 Å². The second kappa shape index (κ2) is 5.86. The largest absolute Gasteiger partial charge is 0.484 e. The van der Waals surface area contributed by atoms with Gasteiger partial charge in [-0.25, -0.2) is 0 Å². The van der Waals surface area contributed by atoms with Crippen LogP contribution in [-0.4, -0.2) is 12.8 Å². The Morgan fingerprint density at radius 1 is 0.950 bits per heavy atom. The molecular formula is C15H13F3O2. The molecule has 2 rings (SSSR count). The predicted octanol–water partition coefficient (Wildman–Crippen LogP) is 4.73. The van der Waals surface area contributed by atoms with Gasteiger partial charge in [0.2, 0.25) is 0 Å². The molecule has 0 N–H and O–H groups in total. The van der Waals surface area contributed by atoms with Gasteiger partial charge < -0.3 is 9.47 Å². The first kappa shape index (κ1) is 14.2. The van der Waals surface area contributed by atoms with Crippen LogP contribution in [0.3, 0.4) is 0 Å². The van der Waals surface area contributed by atoms with Gasteiger partial charge in [0, 0.05) is 6.07 Å². The fourth-order valence-corrected chi connectivity index (χ4v) is 1.59. The van der Waals surface area contributed by atoms with E-state index in [9.17, 15) is 13.2 Å². The summed E-state index contributed by atoms with van der Waals surface area (Å²) in [5.74, 6) is 1.20. The summed E-state index contributed by atoms with van der Waals surface area (Å²) in [4.78, 5) is 0. The highest BCUT2D eigenvalue weighted by Crippen LogP contribution is 2.28. The van der Waals surface area contributed by atoms with Gasteiger partial charge in [0.25, 0.3) is 0 Å². The third-order valence-electron chi connectivity index (χ3n) is 2.53. The average Bonchev–Trinajstić information content (AvgIpc) is 2.39. The zero-order valence-electron chi connectivity index (χ0n) is 10.8. The Hall–Kier alpha value is -2.17. The van der Waals surface area contributed by atoms with Crippen LogP contribution in [0.1, 0.15) is 5.56 Å². The number of ether oxygens (including phenoxy) is 2. The molecule has 0 bridgehead atoms. The van der Waals surface area contributed by atoms with Gasteiger partial charge in [-0.2, -0.15) is 13.2 Å². The minimum Gasteiger partial charge on any atom is -0.484 e. The van der Waals surface area contributed by atoms with Gasteiger partial charge in [-0.05, 0) is 30.7 Å². The van der Waals surface area contributed by atoms with E-state index >= 15 is 0 Å². The number of halogens is 3. The molecule has 2 aromatic carbocycles. The molecule has 0 atom stereocenters. The molecule has 0 radical (unpaired) electrons. The second-order valence-electron chi connectivity index (χ2n) is 4.25. The normalized spacial score (nSPS) is 11.2. The van der Waals surface area contributed by atoms with Crippen LogP contribution in [0.25, 0.3) is 0 Å². The minimum absolute atomic E-state index is 0.119. The van der Waals surface area contributed by atoms with E-state index < -0.39 is 12.8 Å². The monoisotopic (exact) mass is 282 g/mol. The smallest absolute Gasteiger partial charge is 0.422 e. The summed E-state index contributed by atoms with van der Waals surface area (Å²) < 4.78 is 46.6. The van der Waals surface area contributed by atoms with E-state index in [0.29, 0.717) is 11.5 Å². The molecule has 0 fully saturated rings. The van der Waals surface area contributed by atoms with Crippen molar-refractivity contribution in [3.63, 3.8) is 0 Å². The number of aryl methyl sites for hydroxylation is 1. The molecule has 20 heavy (non-hydrogen) atoms. The summed E-state index contributed by atoms with van der Waals surface area (Å²) in [6.45, 7) is 0.570. The molecule has 0 aromatic heterocycles. The summed E-state index contributed by atoms with van der Waals surface area (Å²) >= 11 is 0. The molecule has 0 aliphatic carbocycles. The summed E-state index contributed by atoms with van der Waals surface area (Å²) in [6.07, 6.45) is -4.35. The van der Waals surface area contributed by atoms with Crippen LogP contribution in [0.5, 0.6) is 17.2 Å². The zero-order valence-corrected chi connectivity index (χ0v) is 10.8. The van der Waals surface area contributed by atoms with Crippen molar-refractivity contribution in [2.24, 2.45) is 0 Å². The highest BCUT2D eigenvalue weighted by molar-refractivity contribution is 5.39. The van der Waals surface area contributed by atoms with Crippen LogP contribution in [0.4, 0.5) is 13.2 Å². The van der Waals surface area contributed by atoms with Crippen LogP contribution >= 0.6 is 0 Å². The summed E-state index contributed by atoms with van der Waals surface area (Å²) in [6, 6.07) is 13.5. The highest BCUT2D eigenvalue weighted by Gasteiger charge is 2.28. The first-order valence-electron chi connectivity index (χ1n) is 5.97. The molecule has 0 unspecified atom stereocenters. The topological polar surface area (TPSA) is 18.5 Å². The standard InChI is InChI=1S/C15H13F3O2/c1-11-5-2-3-8-14(11)20-13-7-4-6-12(9-13)19-10-15(16,17)18/h2-9H,10H2,1H3. The third-order valence-corrected chi connectivity index (χ3v) is 2.53. The van der Waals surface area contributed by atoms with E-state index in [1.165, 1.54) is 12.1 Å². The fourth-order valence-electron chi connectivity index (χ4n) is 1.59. The van der Waals surface area contributed by atoms with Gasteiger partial charge in [-0.3, -0.25) is 0 Å². The Bertz CT molecular complexity index is 579. The zero-order chi connectivity index (χ0) is 14.6. The van der Waals surface area contributed by atoms with Crippen LogP contribution in [-0.2, 0) is 0 Å². The SMILES string of the molecule is Cc1ccccc1Oc1cccc(OCC(F)(F)F)c1. The first-order valence-corrected chi connectivity index (χ1v) is 5.97. The van der Waals surface area contributed by atoms with Crippen molar-refractivity contribution in [3.8, 4) is 17.2 Å². The van der Waals surface area contributed by atoms with Crippen molar-refractivity contribution < 1.29 is 22.6 Å². The fraction of sp³-hybridized carbons (Fsp3) is 0.200. The van der Waals surface area contributed by atoms with E-state index in [1.807, 2.05) is 25.1 Å². The summed E-state index contributed by atoms with van der Waals surface area (Å²) in [5, 5.41) is 0. The molecule has 106 valence electrons. The van der Waals surface area contributed by atoms with Gasteiger partial charge >= 0.3 is 6.18 Å². The van der Waals surface area contributed by atoms with Gasteiger partial charge in [0.15, 0.2) is 6.61 Å². The molecule has 0 aliphatic heterocycles. The first-order chi connectivity index (χ1) is 9.44. The lowest BCUT2D eigenvalue weighted by atomic mass is 10.2. The van der Waals surface area contributed by atoms with Crippen molar-refractivity contribution in [2.75, 3.05) is 6.61 Å². The Kier molecular flexibility index (Phi) is 4.17. The lowest BCUT2D eigenvalue weighted by molar-refractivity contribution is -0.153. The van der Waals surface area contributed by atoms with Crippen molar-refractivity contribution in [1.29, 1.82) is 0 Å². The van der Waals surface area contributed by atoms with Gasteiger partial charge in [-0.1, -0.05) is 24.3 Å². The molecule has 0 saturated carbocycles. The highest BCUT2D eigenvalue weighted by atomic mass is 19.4. The predicted molar refractivity (Wildman–Crippen MR) is 69.2 cm³/mol. The maximum atomic E-state index is 12.1. The minimum atomic E-state index is -4.35. The Labute approximate surface area is 114 Å². The number of benzene rings is 2. The number of hydrogen-bond donors (Lipinski definition) is 0. The van der Waals surface area contributed by atoms with Crippen LogP contribution in [0.2, 0.25) is 0 Å². The second-order valence-corrected chi connectivity index (χ2v) is 4.25. The van der Waals surface area contributed by atoms with Gasteiger partial charge in [-0.15, -0.1) is 0 Å². The van der Waals surface area contributed by atoms with Gasteiger partial charge in [0.05, 0.1) is 0 Å². The van der Waals surface area contributed by atoms with Crippen LogP contribution in [0.15, 0.2) is 48.5 Å². The molecule has 2 nitrogen and oxygen atoms in total. The van der Waals surface area contributed by atoms with Crippen molar-refractivity contribution in [2.45, 2.75) is 13.1 Å². The van der Waals surface area contributed by atoms with E-state index in [0.717, 1.165) is 5.56 Å². The number of alkyl halides is 3. The third kappa shape index (κ3) is 4.19. The number of hydrogen-bond acceptors (Lipinski definition) is 2. The lowest BCUT2D eigenvalue weighted by Crippen LogP contribution is -2.19. The van der Waals surface area contributed by atoms with Crippen molar-refractivity contribution >= 4 is 0 Å². The number of rotatable bonds is 4. The molecule has 2 aromatic rings. The number of para-hydroxylation sites is 1. The molecule has 5 heteroatoms. The Morgan fingerprint density at radius 3 is 2.35 bits per heavy atom. The van der Waals surface area contributed by atoms with E-state index in [1.54, 1.807) is 18.2 Å².